The third kappa shape index (κ3) is 2.44. The number of rotatable bonds is 2. The summed E-state index contributed by atoms with van der Waals surface area (Å²) in [6.07, 6.45) is 5.38. The molecule has 1 atom stereocenters. The number of methoxy groups -OCH3 is 1. The molecule has 1 aliphatic heterocycles. The zero-order valence-corrected chi connectivity index (χ0v) is 12.0. The average Bonchev–Trinajstić information content (AvgIpc) is 2.90. The topological polar surface area (TPSA) is 24.5 Å². The molecule has 1 aliphatic carbocycles. The predicted molar refractivity (Wildman–Crippen MR) is 79.0 cm³/mol. The Morgan fingerprint density at radius 2 is 2.11 bits per heavy atom. The van der Waals surface area contributed by atoms with E-state index in [-0.39, 0.29) is 0 Å². The van der Waals surface area contributed by atoms with Gasteiger partial charge in [0, 0.05) is 36.4 Å². The molecule has 1 unspecified atom stereocenters. The van der Waals surface area contributed by atoms with Gasteiger partial charge in [-0.1, -0.05) is 18.9 Å². The number of piperazine rings is 1. The van der Waals surface area contributed by atoms with Gasteiger partial charge in [-0.05, 0) is 31.9 Å². The highest BCUT2D eigenvalue weighted by molar-refractivity contribution is 5.52. The van der Waals surface area contributed by atoms with Crippen LogP contribution in [0.5, 0.6) is 5.75 Å². The second kappa shape index (κ2) is 5.04. The summed E-state index contributed by atoms with van der Waals surface area (Å²) in [5.41, 5.74) is 1.65. The van der Waals surface area contributed by atoms with Gasteiger partial charge in [-0.3, -0.25) is 0 Å². The molecular formula is C16H24N2O. The third-order valence-corrected chi connectivity index (χ3v) is 4.72. The highest BCUT2D eigenvalue weighted by Gasteiger charge is 2.39. The van der Waals surface area contributed by atoms with E-state index in [0.29, 0.717) is 11.6 Å². The Morgan fingerprint density at radius 3 is 2.84 bits per heavy atom. The van der Waals surface area contributed by atoms with Crippen LogP contribution >= 0.6 is 0 Å². The third-order valence-electron chi connectivity index (χ3n) is 4.72. The van der Waals surface area contributed by atoms with Crippen molar-refractivity contribution in [3.63, 3.8) is 0 Å². The van der Waals surface area contributed by atoms with Crippen LogP contribution in [0, 0.1) is 0 Å². The van der Waals surface area contributed by atoms with Crippen molar-refractivity contribution >= 4 is 5.69 Å². The fourth-order valence-electron chi connectivity index (χ4n) is 3.53. The van der Waals surface area contributed by atoms with Gasteiger partial charge in [0.15, 0.2) is 0 Å². The first-order chi connectivity index (χ1) is 9.22. The first kappa shape index (κ1) is 12.8. The van der Waals surface area contributed by atoms with Crippen LogP contribution in [0.4, 0.5) is 5.69 Å². The van der Waals surface area contributed by atoms with Gasteiger partial charge in [-0.15, -0.1) is 0 Å². The SMILES string of the molecule is COc1cccc(N2CC3(CCCC3)NCC2C)c1. The summed E-state index contributed by atoms with van der Waals surface area (Å²) < 4.78 is 5.36. The van der Waals surface area contributed by atoms with E-state index in [2.05, 4.69) is 35.3 Å². The zero-order chi connectivity index (χ0) is 13.3. The second-order valence-corrected chi connectivity index (χ2v) is 6.05. The average molecular weight is 260 g/mol. The maximum absolute atomic E-state index is 5.36. The highest BCUT2D eigenvalue weighted by atomic mass is 16.5. The lowest BCUT2D eigenvalue weighted by Gasteiger charge is -2.46. The quantitative estimate of drug-likeness (QED) is 0.885. The van der Waals surface area contributed by atoms with Crippen LogP contribution in [0.2, 0.25) is 0 Å². The van der Waals surface area contributed by atoms with E-state index in [1.54, 1.807) is 7.11 Å². The molecule has 1 aromatic carbocycles. The van der Waals surface area contributed by atoms with Gasteiger partial charge in [-0.2, -0.15) is 0 Å². The second-order valence-electron chi connectivity index (χ2n) is 6.05. The molecule has 19 heavy (non-hydrogen) atoms. The van der Waals surface area contributed by atoms with Crippen molar-refractivity contribution in [1.82, 2.24) is 5.32 Å². The molecule has 2 aliphatic rings. The Hall–Kier alpha value is -1.22. The molecule has 1 heterocycles. The number of nitrogens with zero attached hydrogens (tertiary/aromatic N) is 1. The number of hydrogen-bond acceptors (Lipinski definition) is 3. The molecule has 3 nitrogen and oxygen atoms in total. The molecule has 104 valence electrons. The molecule has 0 aromatic heterocycles. The summed E-state index contributed by atoms with van der Waals surface area (Å²) in [7, 11) is 1.73. The summed E-state index contributed by atoms with van der Waals surface area (Å²) in [6, 6.07) is 9.00. The minimum absolute atomic E-state index is 0.357. The summed E-state index contributed by atoms with van der Waals surface area (Å²) in [5, 5.41) is 3.80. The Labute approximate surface area is 115 Å². The maximum Gasteiger partial charge on any atom is 0.120 e. The summed E-state index contributed by atoms with van der Waals surface area (Å²) in [4.78, 5) is 2.55. The first-order valence-electron chi connectivity index (χ1n) is 7.38. The van der Waals surface area contributed by atoms with Gasteiger partial charge in [0.1, 0.15) is 5.75 Å². The lowest BCUT2D eigenvalue weighted by Crippen LogP contribution is -2.62. The van der Waals surface area contributed by atoms with Gasteiger partial charge in [0.2, 0.25) is 0 Å². The van der Waals surface area contributed by atoms with Crippen molar-refractivity contribution in [2.45, 2.75) is 44.2 Å². The van der Waals surface area contributed by atoms with E-state index < -0.39 is 0 Å². The Kier molecular flexibility index (Phi) is 3.40. The standard InChI is InChI=1S/C16H24N2O/c1-13-11-17-16(8-3-4-9-16)12-18(13)14-6-5-7-15(10-14)19-2/h5-7,10,13,17H,3-4,8-9,11-12H2,1-2H3. The van der Waals surface area contributed by atoms with E-state index in [1.165, 1.54) is 31.4 Å². The van der Waals surface area contributed by atoms with Crippen LogP contribution in [0.1, 0.15) is 32.6 Å². The number of nitrogens with one attached hydrogen (secondary N) is 1. The molecule has 0 radical (unpaired) electrons. The number of ether oxygens (including phenoxy) is 1. The zero-order valence-electron chi connectivity index (χ0n) is 12.0. The van der Waals surface area contributed by atoms with Crippen molar-refractivity contribution in [3.8, 4) is 5.75 Å². The van der Waals surface area contributed by atoms with Crippen molar-refractivity contribution in [2.24, 2.45) is 0 Å². The van der Waals surface area contributed by atoms with Gasteiger partial charge in [-0.25, -0.2) is 0 Å². The molecule has 0 bridgehead atoms. The van der Waals surface area contributed by atoms with Gasteiger partial charge < -0.3 is 15.0 Å². The molecule has 0 amide bonds. The van der Waals surface area contributed by atoms with E-state index in [9.17, 15) is 0 Å². The number of anilines is 1. The van der Waals surface area contributed by atoms with E-state index in [0.717, 1.165) is 18.8 Å². The van der Waals surface area contributed by atoms with Crippen LogP contribution in [-0.2, 0) is 0 Å². The fourth-order valence-corrected chi connectivity index (χ4v) is 3.53. The van der Waals surface area contributed by atoms with Crippen molar-refractivity contribution in [2.75, 3.05) is 25.1 Å². The molecule has 1 saturated carbocycles. The summed E-state index contributed by atoms with van der Waals surface area (Å²) >= 11 is 0. The Balaban J connectivity index is 1.84. The summed E-state index contributed by atoms with van der Waals surface area (Å²) in [5.74, 6) is 0.948. The molecule has 3 heteroatoms. The van der Waals surface area contributed by atoms with Gasteiger partial charge >= 0.3 is 0 Å². The molecule has 1 spiro atoms. The van der Waals surface area contributed by atoms with E-state index >= 15 is 0 Å². The van der Waals surface area contributed by atoms with Crippen LogP contribution < -0.4 is 15.0 Å². The van der Waals surface area contributed by atoms with E-state index in [4.69, 9.17) is 4.74 Å². The lowest BCUT2D eigenvalue weighted by molar-refractivity contribution is 0.276. The molecular weight excluding hydrogens is 236 g/mol. The molecule has 1 saturated heterocycles. The number of hydrogen-bond donors (Lipinski definition) is 1. The van der Waals surface area contributed by atoms with Crippen LogP contribution in [0.3, 0.4) is 0 Å². The highest BCUT2D eigenvalue weighted by Crippen LogP contribution is 2.35. The lowest BCUT2D eigenvalue weighted by atomic mass is 9.92. The number of benzene rings is 1. The minimum Gasteiger partial charge on any atom is -0.497 e. The fraction of sp³-hybridized carbons (Fsp3) is 0.625. The van der Waals surface area contributed by atoms with Gasteiger partial charge in [0.25, 0.3) is 0 Å². The minimum atomic E-state index is 0.357. The largest absolute Gasteiger partial charge is 0.497 e. The van der Waals surface area contributed by atoms with Crippen LogP contribution in [0.25, 0.3) is 0 Å². The first-order valence-corrected chi connectivity index (χ1v) is 7.38. The smallest absolute Gasteiger partial charge is 0.120 e. The Bertz CT molecular complexity index is 440. The monoisotopic (exact) mass is 260 g/mol. The van der Waals surface area contributed by atoms with E-state index in [1.807, 2.05) is 6.07 Å². The molecule has 2 fully saturated rings. The predicted octanol–water partition coefficient (Wildman–Crippen LogP) is 2.81. The summed E-state index contributed by atoms with van der Waals surface area (Å²) in [6.45, 7) is 4.51. The van der Waals surface area contributed by atoms with Crippen LogP contribution in [0.15, 0.2) is 24.3 Å². The maximum atomic E-state index is 5.36. The van der Waals surface area contributed by atoms with Crippen molar-refractivity contribution in [3.05, 3.63) is 24.3 Å². The Morgan fingerprint density at radius 1 is 1.32 bits per heavy atom. The van der Waals surface area contributed by atoms with Crippen molar-refractivity contribution in [1.29, 1.82) is 0 Å². The molecule has 3 rings (SSSR count). The normalized spacial score (nSPS) is 25.8. The van der Waals surface area contributed by atoms with Crippen molar-refractivity contribution < 1.29 is 4.74 Å². The van der Waals surface area contributed by atoms with Gasteiger partial charge in [0.05, 0.1) is 7.11 Å². The molecule has 1 aromatic rings. The molecule has 1 N–H and O–H groups in total. The van der Waals surface area contributed by atoms with Crippen LogP contribution in [-0.4, -0.2) is 31.8 Å².